The summed E-state index contributed by atoms with van der Waals surface area (Å²) in [5, 5.41) is 9.23. The molecule has 6 rings (SSSR count). The van der Waals surface area contributed by atoms with Crippen molar-refractivity contribution >= 4 is 27.4 Å². The molecule has 0 amide bonds. The van der Waals surface area contributed by atoms with Crippen molar-refractivity contribution in [1.29, 1.82) is 0 Å². The zero-order valence-electron chi connectivity index (χ0n) is 24.1. The zero-order chi connectivity index (χ0) is 31.4. The number of ketones is 1. The Bertz CT molecular complexity index is 1880. The third kappa shape index (κ3) is 5.07. The molecule has 1 fully saturated rings. The van der Waals surface area contributed by atoms with Gasteiger partial charge in [0.15, 0.2) is 10.8 Å². The minimum atomic E-state index is -4.65. The van der Waals surface area contributed by atoms with Gasteiger partial charge in [0.25, 0.3) is 0 Å². The van der Waals surface area contributed by atoms with Gasteiger partial charge in [-0.15, -0.1) is 0 Å². The van der Waals surface area contributed by atoms with Gasteiger partial charge in [0.1, 0.15) is 11.5 Å². The molecule has 1 saturated carbocycles. The summed E-state index contributed by atoms with van der Waals surface area (Å²) in [7, 11) is -1.36. The van der Waals surface area contributed by atoms with Crippen LogP contribution in [0.1, 0.15) is 53.5 Å². The molecule has 0 N–H and O–H groups in total. The fourth-order valence-corrected chi connectivity index (χ4v) is 7.70. The molecule has 44 heavy (non-hydrogen) atoms. The Balaban J connectivity index is 1.43. The smallest absolute Gasteiger partial charge is 0.291 e. The molecule has 2 aliphatic rings. The number of fused-ring (bicyclic) bond motifs is 2. The fourth-order valence-electron chi connectivity index (χ4n) is 6.24. The molecule has 230 valence electrons. The third-order valence-corrected chi connectivity index (χ3v) is 10.8. The summed E-state index contributed by atoms with van der Waals surface area (Å²) >= 11 is 0. The highest BCUT2D eigenvalue weighted by Crippen LogP contribution is 2.51. The van der Waals surface area contributed by atoms with Crippen LogP contribution in [0.25, 0.3) is 11.8 Å². The first-order valence-corrected chi connectivity index (χ1v) is 15.8. The van der Waals surface area contributed by atoms with E-state index in [0.29, 0.717) is 41.4 Å². The SMILES string of the molecule is C=S(=O)(c1ccn(CC)n1)N(C)[C@H]1CCC2=Cc3c(cnn3-c3ccc(F)cc3)C[C@]2(C(=O)c2cc(C(F)(F)F)ccn2)C1. The molecule has 13 heteroatoms. The standard InChI is InChI=1S/C31H30F4N6O2S/c1-4-40-14-12-28(38-40)44(3,43)39(2)25-8-5-21-16-27-20(19-37-41(27)24-9-6-23(32)7-10-24)17-30(21,18-25)29(42)26-15-22(11-13-36-26)31(33,34)35/h6-7,9-16,19,25H,3-5,8,17-18H2,1-2H3/t25-,30-,44?/m0/s1. The first-order chi connectivity index (χ1) is 20.8. The van der Waals surface area contributed by atoms with E-state index in [4.69, 9.17) is 0 Å². The largest absolute Gasteiger partial charge is 0.416 e. The molecule has 3 heterocycles. The van der Waals surface area contributed by atoms with Gasteiger partial charge in [-0.1, -0.05) is 5.57 Å². The number of hydrogen-bond acceptors (Lipinski definition) is 5. The lowest BCUT2D eigenvalue weighted by molar-refractivity contribution is -0.137. The van der Waals surface area contributed by atoms with Crippen LogP contribution in [-0.2, 0) is 28.8 Å². The third-order valence-electron chi connectivity index (χ3n) is 8.71. The number of carbonyl (C=O) groups is 1. The van der Waals surface area contributed by atoms with Gasteiger partial charge in [0.2, 0.25) is 0 Å². The summed E-state index contributed by atoms with van der Waals surface area (Å²) < 4.78 is 73.5. The number of alkyl halides is 3. The summed E-state index contributed by atoms with van der Waals surface area (Å²) in [5.41, 5.74) is 0.253. The van der Waals surface area contributed by atoms with Crippen molar-refractivity contribution in [1.82, 2.24) is 28.9 Å². The minimum Gasteiger partial charge on any atom is -0.291 e. The van der Waals surface area contributed by atoms with Gasteiger partial charge in [-0.3, -0.25) is 14.5 Å². The van der Waals surface area contributed by atoms with E-state index in [-0.39, 0.29) is 18.5 Å². The number of aryl methyl sites for hydroxylation is 1. The Kier molecular flexibility index (Phi) is 7.36. The Hall–Kier alpha value is -4.10. The van der Waals surface area contributed by atoms with Gasteiger partial charge in [0, 0.05) is 25.0 Å². The Morgan fingerprint density at radius 2 is 1.95 bits per heavy atom. The molecule has 3 aromatic heterocycles. The van der Waals surface area contributed by atoms with E-state index < -0.39 is 44.5 Å². The zero-order valence-corrected chi connectivity index (χ0v) is 24.9. The highest BCUT2D eigenvalue weighted by atomic mass is 32.2. The van der Waals surface area contributed by atoms with Crippen LogP contribution in [0.4, 0.5) is 17.6 Å². The number of hydrogen-bond donors (Lipinski definition) is 0. The highest BCUT2D eigenvalue weighted by molar-refractivity contribution is 7.98. The topological polar surface area (TPSA) is 85.9 Å². The van der Waals surface area contributed by atoms with Crippen LogP contribution in [0.15, 0.2) is 71.7 Å². The molecule has 0 radical (unpaired) electrons. The van der Waals surface area contributed by atoms with Crippen molar-refractivity contribution < 1.29 is 26.6 Å². The molecule has 0 spiro atoms. The minimum absolute atomic E-state index is 0.152. The van der Waals surface area contributed by atoms with Crippen LogP contribution in [0.2, 0.25) is 0 Å². The van der Waals surface area contributed by atoms with Gasteiger partial charge < -0.3 is 0 Å². The second-order valence-electron chi connectivity index (χ2n) is 11.2. The van der Waals surface area contributed by atoms with E-state index in [0.717, 1.165) is 23.9 Å². The average Bonchev–Trinajstić information content (AvgIpc) is 3.66. The second kappa shape index (κ2) is 10.8. The van der Waals surface area contributed by atoms with E-state index in [1.165, 1.54) is 12.1 Å². The van der Waals surface area contributed by atoms with Gasteiger partial charge in [-0.2, -0.15) is 23.4 Å². The monoisotopic (exact) mass is 626 g/mol. The summed E-state index contributed by atoms with van der Waals surface area (Å²) in [6.45, 7) is 2.50. The maximum absolute atomic E-state index is 14.4. The highest BCUT2D eigenvalue weighted by Gasteiger charge is 2.51. The first kappa shape index (κ1) is 29.9. The lowest BCUT2D eigenvalue weighted by atomic mass is 9.60. The average molecular weight is 627 g/mol. The molecule has 2 aliphatic carbocycles. The number of Topliss-reactive ketones (excluding diaryl/α,β-unsaturated/α-hetero) is 1. The first-order valence-electron chi connectivity index (χ1n) is 14.1. The summed E-state index contributed by atoms with van der Waals surface area (Å²) in [6, 6.07) is 8.72. The van der Waals surface area contributed by atoms with Crippen molar-refractivity contribution in [3.8, 4) is 5.69 Å². The van der Waals surface area contributed by atoms with Crippen LogP contribution in [0.5, 0.6) is 0 Å². The lowest BCUT2D eigenvalue weighted by Crippen LogP contribution is -2.49. The van der Waals surface area contributed by atoms with Crippen molar-refractivity contribution in [2.45, 2.75) is 56.4 Å². The predicted octanol–water partition coefficient (Wildman–Crippen LogP) is 5.63. The molecule has 0 aliphatic heterocycles. The molecule has 1 unspecified atom stereocenters. The number of rotatable bonds is 7. The lowest BCUT2D eigenvalue weighted by Gasteiger charge is -2.46. The Labute approximate surface area is 252 Å². The molecule has 8 nitrogen and oxygen atoms in total. The number of carbonyl (C=O) groups excluding carboxylic acids is 1. The molecular formula is C31H30F4N6O2S. The van der Waals surface area contributed by atoms with Crippen molar-refractivity contribution in [3.05, 3.63) is 95.0 Å². The van der Waals surface area contributed by atoms with Crippen LogP contribution in [0, 0.1) is 11.2 Å². The van der Waals surface area contributed by atoms with Crippen molar-refractivity contribution in [2.24, 2.45) is 5.41 Å². The van der Waals surface area contributed by atoms with Gasteiger partial charge in [-0.25, -0.2) is 17.6 Å². The molecule has 1 aromatic carbocycles. The number of halogens is 4. The van der Waals surface area contributed by atoms with E-state index in [2.05, 4.69) is 21.1 Å². The van der Waals surface area contributed by atoms with Gasteiger partial charge >= 0.3 is 6.18 Å². The number of pyridine rings is 1. The quantitative estimate of drug-likeness (QED) is 0.151. The van der Waals surface area contributed by atoms with Crippen LogP contribution < -0.4 is 0 Å². The van der Waals surface area contributed by atoms with E-state index in [9.17, 15) is 26.6 Å². The van der Waals surface area contributed by atoms with Crippen LogP contribution in [-0.4, -0.2) is 57.8 Å². The van der Waals surface area contributed by atoms with Crippen molar-refractivity contribution in [2.75, 3.05) is 7.05 Å². The molecule has 0 bridgehead atoms. The Morgan fingerprint density at radius 1 is 1.20 bits per heavy atom. The normalized spacial score (nSPS) is 21.3. The number of aromatic nitrogens is 5. The van der Waals surface area contributed by atoms with Gasteiger partial charge in [0.05, 0.1) is 38.3 Å². The molecule has 0 saturated heterocycles. The summed E-state index contributed by atoms with van der Waals surface area (Å²) in [6.07, 6.45) is 2.81. The Morgan fingerprint density at radius 3 is 2.64 bits per heavy atom. The molecule has 3 atom stereocenters. The summed E-state index contributed by atoms with van der Waals surface area (Å²) in [5.74, 6) is 3.08. The maximum atomic E-state index is 14.4. The van der Waals surface area contributed by atoms with E-state index >= 15 is 0 Å². The van der Waals surface area contributed by atoms with Crippen LogP contribution >= 0.6 is 0 Å². The predicted molar refractivity (Wildman–Crippen MR) is 158 cm³/mol. The maximum Gasteiger partial charge on any atom is 0.416 e. The second-order valence-corrected chi connectivity index (χ2v) is 13.5. The van der Waals surface area contributed by atoms with Crippen LogP contribution in [0.3, 0.4) is 0 Å². The fraction of sp³-hybridized carbons (Fsp3) is 0.323. The number of benzene rings is 1. The molecular weight excluding hydrogens is 596 g/mol. The van der Waals surface area contributed by atoms with E-state index in [1.807, 2.05) is 13.0 Å². The molecule has 4 aromatic rings. The van der Waals surface area contributed by atoms with E-state index in [1.54, 1.807) is 51.3 Å². The van der Waals surface area contributed by atoms with Crippen molar-refractivity contribution in [3.63, 3.8) is 0 Å². The summed E-state index contributed by atoms with van der Waals surface area (Å²) in [4.78, 5) is 18.5. The number of allylic oxidation sites excluding steroid dienone is 1. The number of nitrogens with zero attached hydrogens (tertiary/aromatic N) is 6. The van der Waals surface area contributed by atoms with Gasteiger partial charge in [-0.05, 0) is 99.6 Å².